The molecule has 1 N–H and O–H groups in total. The highest BCUT2D eigenvalue weighted by Crippen LogP contribution is 2.21. The topological polar surface area (TPSA) is 37.8 Å². The van der Waals surface area contributed by atoms with Crippen molar-refractivity contribution in [2.24, 2.45) is 5.92 Å². The van der Waals surface area contributed by atoms with Crippen molar-refractivity contribution in [2.75, 3.05) is 11.9 Å². The van der Waals surface area contributed by atoms with E-state index in [2.05, 4.69) is 29.1 Å². The van der Waals surface area contributed by atoms with Gasteiger partial charge in [0.15, 0.2) is 5.82 Å². The fourth-order valence-corrected chi connectivity index (χ4v) is 2.15. The van der Waals surface area contributed by atoms with Crippen molar-refractivity contribution in [3.8, 4) is 11.4 Å². The number of nitrogens with one attached hydrogen (secondary N) is 1. The molecule has 112 valence electrons. The fraction of sp³-hybridized carbons (Fsp3) is 0.412. The van der Waals surface area contributed by atoms with Crippen LogP contribution in [0.25, 0.3) is 11.4 Å². The number of nitrogens with zero attached hydrogens (tertiary/aromatic N) is 2. The van der Waals surface area contributed by atoms with Crippen LogP contribution in [0.3, 0.4) is 0 Å². The van der Waals surface area contributed by atoms with Crippen LogP contribution in [0.2, 0.25) is 0 Å². The first-order chi connectivity index (χ1) is 9.99. The number of hydrogen-bond acceptors (Lipinski definition) is 3. The molecule has 0 bridgehead atoms. The average molecular weight is 287 g/mol. The van der Waals surface area contributed by atoms with Crippen LogP contribution in [-0.2, 0) is 6.42 Å². The van der Waals surface area contributed by atoms with Crippen molar-refractivity contribution in [1.82, 2.24) is 9.97 Å². The van der Waals surface area contributed by atoms with Crippen LogP contribution in [0, 0.1) is 18.7 Å². The Balaban J connectivity index is 2.45. The molecule has 2 rings (SSSR count). The second-order valence-corrected chi connectivity index (χ2v) is 5.66. The summed E-state index contributed by atoms with van der Waals surface area (Å²) in [4.78, 5) is 9.06. The van der Waals surface area contributed by atoms with Crippen LogP contribution >= 0.6 is 0 Å². The maximum atomic E-state index is 13.8. The normalized spacial score (nSPS) is 11.0. The fourth-order valence-electron chi connectivity index (χ4n) is 2.15. The molecule has 0 radical (unpaired) electrons. The zero-order valence-corrected chi connectivity index (χ0v) is 13.1. The number of anilines is 1. The smallest absolute Gasteiger partial charge is 0.161 e. The van der Waals surface area contributed by atoms with Gasteiger partial charge in [-0.05, 0) is 37.8 Å². The van der Waals surface area contributed by atoms with Gasteiger partial charge in [0, 0.05) is 23.9 Å². The molecular formula is C17H22FN3. The number of aromatic nitrogens is 2. The Morgan fingerprint density at radius 2 is 1.95 bits per heavy atom. The number of hydrogen-bond donors (Lipinski definition) is 1. The van der Waals surface area contributed by atoms with Gasteiger partial charge in [0.2, 0.25) is 0 Å². The molecule has 21 heavy (non-hydrogen) atoms. The van der Waals surface area contributed by atoms with E-state index in [1.165, 1.54) is 6.07 Å². The van der Waals surface area contributed by atoms with Gasteiger partial charge in [0.05, 0.1) is 0 Å². The lowest BCUT2D eigenvalue weighted by molar-refractivity contribution is 0.618. The molecule has 0 aliphatic heterocycles. The van der Waals surface area contributed by atoms with Gasteiger partial charge in [0.1, 0.15) is 11.6 Å². The predicted octanol–water partition coefficient (Wildman–Crippen LogP) is 4.22. The quantitative estimate of drug-likeness (QED) is 0.894. The standard InChI is InChI=1S/C17H22FN3/c1-5-19-16-10-14(8-11(2)3)20-17(21-16)13-7-6-12(4)15(18)9-13/h6-7,9-11H,5,8H2,1-4H3,(H,19,20,21). The SMILES string of the molecule is CCNc1cc(CC(C)C)nc(-c2ccc(C)c(F)c2)n1. The van der Waals surface area contributed by atoms with Gasteiger partial charge in [-0.15, -0.1) is 0 Å². The van der Waals surface area contributed by atoms with Crippen LogP contribution in [0.1, 0.15) is 32.0 Å². The van der Waals surface area contributed by atoms with E-state index in [0.29, 0.717) is 22.9 Å². The number of aryl methyl sites for hydroxylation is 1. The minimum absolute atomic E-state index is 0.227. The van der Waals surface area contributed by atoms with E-state index >= 15 is 0 Å². The third kappa shape index (κ3) is 4.00. The van der Waals surface area contributed by atoms with Gasteiger partial charge >= 0.3 is 0 Å². The maximum Gasteiger partial charge on any atom is 0.161 e. The molecule has 2 aromatic rings. The van der Waals surface area contributed by atoms with Crippen molar-refractivity contribution < 1.29 is 4.39 Å². The first-order valence-corrected chi connectivity index (χ1v) is 7.38. The van der Waals surface area contributed by atoms with E-state index < -0.39 is 0 Å². The molecule has 0 amide bonds. The third-order valence-corrected chi connectivity index (χ3v) is 3.18. The molecule has 1 aromatic carbocycles. The van der Waals surface area contributed by atoms with E-state index in [1.54, 1.807) is 13.0 Å². The van der Waals surface area contributed by atoms with Crippen LogP contribution in [-0.4, -0.2) is 16.5 Å². The molecule has 0 aliphatic carbocycles. The predicted molar refractivity (Wildman–Crippen MR) is 84.9 cm³/mol. The lowest BCUT2D eigenvalue weighted by Crippen LogP contribution is -2.06. The summed E-state index contributed by atoms with van der Waals surface area (Å²) in [6.07, 6.45) is 0.877. The van der Waals surface area contributed by atoms with Gasteiger partial charge < -0.3 is 5.32 Å². The van der Waals surface area contributed by atoms with Gasteiger partial charge in [-0.1, -0.05) is 26.0 Å². The van der Waals surface area contributed by atoms with Crippen LogP contribution in [0.5, 0.6) is 0 Å². The summed E-state index contributed by atoms with van der Waals surface area (Å²) < 4.78 is 13.8. The molecule has 0 fully saturated rings. The monoisotopic (exact) mass is 287 g/mol. The second kappa shape index (κ2) is 6.66. The molecule has 0 saturated carbocycles. The van der Waals surface area contributed by atoms with Crippen LogP contribution in [0.15, 0.2) is 24.3 Å². The molecule has 0 spiro atoms. The van der Waals surface area contributed by atoms with E-state index in [0.717, 1.165) is 24.5 Å². The molecular weight excluding hydrogens is 265 g/mol. The summed E-state index contributed by atoms with van der Waals surface area (Å²) in [7, 11) is 0. The Hall–Kier alpha value is -1.97. The lowest BCUT2D eigenvalue weighted by Gasteiger charge is -2.11. The van der Waals surface area contributed by atoms with Crippen molar-refractivity contribution in [3.63, 3.8) is 0 Å². The van der Waals surface area contributed by atoms with Gasteiger partial charge in [-0.3, -0.25) is 0 Å². The second-order valence-electron chi connectivity index (χ2n) is 5.66. The number of rotatable bonds is 5. The van der Waals surface area contributed by atoms with Crippen LogP contribution < -0.4 is 5.32 Å². The first kappa shape index (κ1) is 15.4. The third-order valence-electron chi connectivity index (χ3n) is 3.18. The zero-order chi connectivity index (χ0) is 15.4. The summed E-state index contributed by atoms with van der Waals surface area (Å²) >= 11 is 0. The number of benzene rings is 1. The average Bonchev–Trinajstić information content (AvgIpc) is 2.41. The molecule has 0 atom stereocenters. The summed E-state index contributed by atoms with van der Waals surface area (Å²) in [6, 6.07) is 7.09. The highest BCUT2D eigenvalue weighted by molar-refractivity contribution is 5.58. The summed E-state index contributed by atoms with van der Waals surface area (Å²) in [5, 5.41) is 3.21. The molecule has 1 aromatic heterocycles. The van der Waals surface area contributed by atoms with Crippen molar-refractivity contribution in [1.29, 1.82) is 0 Å². The Morgan fingerprint density at radius 1 is 1.19 bits per heavy atom. The largest absolute Gasteiger partial charge is 0.370 e. The Labute approximate surface area is 125 Å². The highest BCUT2D eigenvalue weighted by atomic mass is 19.1. The van der Waals surface area contributed by atoms with Gasteiger partial charge in [-0.2, -0.15) is 0 Å². The lowest BCUT2D eigenvalue weighted by atomic mass is 10.1. The van der Waals surface area contributed by atoms with E-state index in [-0.39, 0.29) is 5.82 Å². The molecule has 0 aliphatic rings. The van der Waals surface area contributed by atoms with Gasteiger partial charge in [-0.25, -0.2) is 14.4 Å². The molecule has 0 saturated heterocycles. The minimum atomic E-state index is -0.227. The first-order valence-electron chi connectivity index (χ1n) is 7.38. The summed E-state index contributed by atoms with van der Waals surface area (Å²) in [6.45, 7) is 8.87. The summed E-state index contributed by atoms with van der Waals surface area (Å²) in [5.41, 5.74) is 2.32. The van der Waals surface area contributed by atoms with E-state index in [9.17, 15) is 4.39 Å². The molecule has 4 heteroatoms. The highest BCUT2D eigenvalue weighted by Gasteiger charge is 2.10. The Kier molecular flexibility index (Phi) is 4.89. The van der Waals surface area contributed by atoms with Crippen LogP contribution in [0.4, 0.5) is 10.2 Å². The molecule has 0 unspecified atom stereocenters. The van der Waals surface area contributed by atoms with Gasteiger partial charge in [0.25, 0.3) is 0 Å². The van der Waals surface area contributed by atoms with Crippen molar-refractivity contribution >= 4 is 5.82 Å². The summed E-state index contributed by atoms with van der Waals surface area (Å²) in [5.74, 6) is 1.65. The molecule has 1 heterocycles. The van der Waals surface area contributed by atoms with E-state index in [4.69, 9.17) is 0 Å². The van der Waals surface area contributed by atoms with Crippen molar-refractivity contribution in [3.05, 3.63) is 41.3 Å². The molecule has 3 nitrogen and oxygen atoms in total. The minimum Gasteiger partial charge on any atom is -0.370 e. The Morgan fingerprint density at radius 3 is 2.57 bits per heavy atom. The maximum absolute atomic E-state index is 13.8. The van der Waals surface area contributed by atoms with Crippen molar-refractivity contribution in [2.45, 2.75) is 34.1 Å². The zero-order valence-electron chi connectivity index (χ0n) is 13.1. The Bertz CT molecular complexity index is 623. The van der Waals surface area contributed by atoms with E-state index in [1.807, 2.05) is 19.1 Å². The number of halogens is 1.